The molecule has 8 aromatic carbocycles. The lowest BCUT2D eigenvalue weighted by atomic mass is 9.33. The lowest BCUT2D eigenvalue weighted by molar-refractivity contribution is 0.443. The smallest absolute Gasteiger partial charge is 0.252 e. The monoisotopic (exact) mass is 857 g/mol. The number of nitrogens with zero attached hydrogens (tertiary/aromatic N) is 3. The van der Waals surface area contributed by atoms with Gasteiger partial charge in [-0.3, -0.25) is 0 Å². The summed E-state index contributed by atoms with van der Waals surface area (Å²) in [4.78, 5) is 10.1. The molecule has 5 aliphatic rings. The van der Waals surface area contributed by atoms with Crippen LogP contribution >= 0.6 is 11.8 Å². The Morgan fingerprint density at radius 2 is 0.831 bits per heavy atom. The van der Waals surface area contributed by atoms with Crippen LogP contribution in [0.25, 0.3) is 11.1 Å². The van der Waals surface area contributed by atoms with Crippen molar-refractivity contribution in [2.75, 3.05) is 14.7 Å². The van der Waals surface area contributed by atoms with E-state index in [1.807, 2.05) is 11.8 Å². The summed E-state index contributed by atoms with van der Waals surface area (Å²) in [6.07, 6.45) is 13.2. The first kappa shape index (κ1) is 39.0. The first-order valence-electron chi connectivity index (χ1n) is 24.2. The van der Waals surface area contributed by atoms with E-state index in [2.05, 4.69) is 197 Å². The maximum atomic E-state index is 2.63. The Balaban J connectivity index is 1.02. The van der Waals surface area contributed by atoms with Gasteiger partial charge in [0.2, 0.25) is 0 Å². The molecule has 5 heteroatoms. The quantitative estimate of drug-likeness (QED) is 0.154. The molecular formula is C60H52BN3S. The Labute approximate surface area is 388 Å². The van der Waals surface area contributed by atoms with E-state index in [1.54, 1.807) is 0 Å². The Hall–Kier alpha value is -6.43. The van der Waals surface area contributed by atoms with Crippen LogP contribution in [0.2, 0.25) is 0 Å². The first-order valence-corrected chi connectivity index (χ1v) is 25.0. The molecule has 0 atom stereocenters. The van der Waals surface area contributed by atoms with E-state index >= 15 is 0 Å². The average molecular weight is 858 g/mol. The van der Waals surface area contributed by atoms with Gasteiger partial charge in [-0.1, -0.05) is 147 Å². The molecule has 0 radical (unpaired) electrons. The number of hydrogen-bond acceptors (Lipinski definition) is 4. The van der Waals surface area contributed by atoms with Crippen LogP contribution in [0.4, 0.5) is 51.2 Å². The molecule has 0 unspecified atom stereocenters. The molecule has 3 nitrogen and oxygen atoms in total. The highest BCUT2D eigenvalue weighted by atomic mass is 32.2. The molecule has 8 aromatic rings. The van der Waals surface area contributed by atoms with E-state index in [0.717, 1.165) is 5.69 Å². The Morgan fingerprint density at radius 3 is 1.46 bits per heavy atom. The topological polar surface area (TPSA) is 9.72 Å². The molecule has 0 amide bonds. The van der Waals surface area contributed by atoms with E-state index in [0.29, 0.717) is 11.8 Å². The van der Waals surface area contributed by atoms with Gasteiger partial charge in [0.15, 0.2) is 0 Å². The number of fused-ring (bicyclic) bond motifs is 6. The molecule has 3 heterocycles. The zero-order valence-electron chi connectivity index (χ0n) is 36.9. The van der Waals surface area contributed by atoms with Crippen LogP contribution in [-0.4, -0.2) is 6.71 Å². The van der Waals surface area contributed by atoms with Gasteiger partial charge >= 0.3 is 0 Å². The zero-order chi connectivity index (χ0) is 42.8. The number of anilines is 9. The van der Waals surface area contributed by atoms with Gasteiger partial charge in [0, 0.05) is 49.6 Å². The average Bonchev–Trinajstić information content (AvgIpc) is 3.38. The standard InChI is InChI=1S/C60H52BN3S/c1-4-16-41(17-5-1)43-28-33-48(34-29-43)63-53-37-32-45(42-18-6-2-7-19-42)38-51(53)61-50-22-10-11-23-52(50)62(47-20-8-3-9-21-47)56-39-46(40-57(63)60(56)61)44-30-35-49(36-31-44)64-54-24-12-14-26-58(54)65-59-27-15-13-25-55(59)64/h3,8-15,20-42H,1-2,4-7,16-19H2. The molecule has 2 aliphatic carbocycles. The molecule has 65 heavy (non-hydrogen) atoms. The fourth-order valence-corrected chi connectivity index (χ4v) is 13.1. The fourth-order valence-electron chi connectivity index (χ4n) is 12.1. The minimum absolute atomic E-state index is 0.0981. The summed E-state index contributed by atoms with van der Waals surface area (Å²) in [6, 6.07) is 69.5. The summed E-state index contributed by atoms with van der Waals surface area (Å²) in [7, 11) is 0. The summed E-state index contributed by atoms with van der Waals surface area (Å²) in [5.41, 5.74) is 20.7. The minimum atomic E-state index is 0.0981. The van der Waals surface area contributed by atoms with E-state index < -0.39 is 0 Å². The third-order valence-electron chi connectivity index (χ3n) is 15.2. The van der Waals surface area contributed by atoms with Gasteiger partial charge in [-0.25, -0.2) is 0 Å². The number of para-hydroxylation sites is 4. The molecule has 0 N–H and O–H groups in total. The van der Waals surface area contributed by atoms with Crippen molar-refractivity contribution in [3.8, 4) is 11.1 Å². The van der Waals surface area contributed by atoms with Crippen molar-refractivity contribution in [1.82, 2.24) is 0 Å². The van der Waals surface area contributed by atoms with Crippen LogP contribution in [0, 0.1) is 0 Å². The second-order valence-electron chi connectivity index (χ2n) is 18.9. The van der Waals surface area contributed by atoms with Crippen molar-refractivity contribution in [2.45, 2.75) is 85.8 Å². The molecule has 13 rings (SSSR count). The van der Waals surface area contributed by atoms with Crippen LogP contribution in [0.1, 0.15) is 87.2 Å². The van der Waals surface area contributed by atoms with Gasteiger partial charge in [0.25, 0.3) is 6.71 Å². The van der Waals surface area contributed by atoms with Gasteiger partial charge in [-0.15, -0.1) is 0 Å². The second kappa shape index (κ2) is 16.2. The largest absolute Gasteiger partial charge is 0.311 e. The Kier molecular flexibility index (Phi) is 9.73. The molecule has 2 saturated carbocycles. The number of hydrogen-bond donors (Lipinski definition) is 0. The summed E-state index contributed by atoms with van der Waals surface area (Å²) in [6.45, 7) is 0.0981. The maximum Gasteiger partial charge on any atom is 0.252 e. The highest BCUT2D eigenvalue weighted by Gasteiger charge is 2.44. The van der Waals surface area contributed by atoms with Crippen LogP contribution in [-0.2, 0) is 0 Å². The summed E-state index contributed by atoms with van der Waals surface area (Å²) >= 11 is 1.86. The molecule has 0 saturated heterocycles. The molecule has 3 aliphatic heterocycles. The van der Waals surface area contributed by atoms with Crippen molar-refractivity contribution >= 4 is 86.0 Å². The van der Waals surface area contributed by atoms with Gasteiger partial charge in [0.05, 0.1) is 11.4 Å². The van der Waals surface area contributed by atoms with Crippen molar-refractivity contribution in [2.24, 2.45) is 0 Å². The molecular weight excluding hydrogens is 806 g/mol. The number of rotatable bonds is 6. The van der Waals surface area contributed by atoms with Gasteiger partial charge in [0.1, 0.15) is 0 Å². The molecule has 0 aromatic heterocycles. The second-order valence-corrected chi connectivity index (χ2v) is 20.0. The van der Waals surface area contributed by atoms with E-state index in [-0.39, 0.29) is 6.71 Å². The summed E-state index contributed by atoms with van der Waals surface area (Å²) in [5, 5.41) is 0. The number of benzene rings is 8. The molecule has 0 bridgehead atoms. The maximum absolute atomic E-state index is 2.63. The van der Waals surface area contributed by atoms with Gasteiger partial charge < -0.3 is 14.7 Å². The van der Waals surface area contributed by atoms with Crippen molar-refractivity contribution in [3.63, 3.8) is 0 Å². The normalized spacial score (nSPS) is 16.6. The van der Waals surface area contributed by atoms with E-state index in [4.69, 9.17) is 0 Å². The van der Waals surface area contributed by atoms with Crippen LogP contribution in [0.3, 0.4) is 0 Å². The first-order chi connectivity index (χ1) is 32.2. The predicted molar refractivity (Wildman–Crippen MR) is 276 cm³/mol. The molecule has 316 valence electrons. The van der Waals surface area contributed by atoms with E-state index in [9.17, 15) is 0 Å². The van der Waals surface area contributed by atoms with Gasteiger partial charge in [-0.05, 0) is 161 Å². The van der Waals surface area contributed by atoms with Crippen LogP contribution in [0.15, 0.2) is 192 Å². The van der Waals surface area contributed by atoms with Crippen molar-refractivity contribution < 1.29 is 0 Å². The third kappa shape index (κ3) is 6.65. The lowest BCUT2D eigenvalue weighted by Gasteiger charge is -2.44. The van der Waals surface area contributed by atoms with Crippen LogP contribution in [0.5, 0.6) is 0 Å². The lowest BCUT2D eigenvalue weighted by Crippen LogP contribution is -2.61. The van der Waals surface area contributed by atoms with Crippen molar-refractivity contribution in [3.05, 3.63) is 193 Å². The predicted octanol–water partition coefficient (Wildman–Crippen LogP) is 15.5. The van der Waals surface area contributed by atoms with Gasteiger partial charge in [-0.2, -0.15) is 0 Å². The highest BCUT2D eigenvalue weighted by molar-refractivity contribution is 7.99. The van der Waals surface area contributed by atoms with Crippen LogP contribution < -0.4 is 31.1 Å². The molecule has 0 spiro atoms. The minimum Gasteiger partial charge on any atom is -0.311 e. The summed E-state index contributed by atoms with van der Waals surface area (Å²) < 4.78 is 0. The van der Waals surface area contributed by atoms with E-state index in [1.165, 1.54) is 158 Å². The van der Waals surface area contributed by atoms with Crippen molar-refractivity contribution in [1.29, 1.82) is 0 Å². The summed E-state index contributed by atoms with van der Waals surface area (Å²) in [5.74, 6) is 1.28. The zero-order valence-corrected chi connectivity index (χ0v) is 37.7. The molecule has 2 fully saturated rings. The third-order valence-corrected chi connectivity index (χ3v) is 16.3. The highest BCUT2D eigenvalue weighted by Crippen LogP contribution is 2.52. The Bertz CT molecular complexity index is 3020. The SMILES string of the molecule is c1ccc(N2c3ccccc3B3c4cc(C5CCCCC5)ccc4N(c4ccc(C5CCCCC5)cc4)c4cc(-c5ccc(N6c7ccccc7Sc7ccccc76)cc5)cc2c43)cc1. The fraction of sp³-hybridized carbons (Fsp3) is 0.200. The Morgan fingerprint density at radius 1 is 0.354 bits per heavy atom.